The monoisotopic (exact) mass is 230 g/mol. The van der Waals surface area contributed by atoms with Gasteiger partial charge in [-0.3, -0.25) is 4.79 Å². The number of rotatable bonds is 4. The smallest absolute Gasteiger partial charge is 0.239 e. The van der Waals surface area contributed by atoms with Crippen LogP contribution in [-0.4, -0.2) is 40.9 Å². The molecule has 0 bridgehead atoms. The van der Waals surface area contributed by atoms with E-state index in [1.807, 2.05) is 16.7 Å². The molecular weight excluding hydrogens is 208 g/mol. The lowest BCUT2D eigenvalue weighted by Crippen LogP contribution is -2.51. The largest absolute Gasteiger partial charge is 0.337 e. The van der Waals surface area contributed by atoms with Crippen molar-refractivity contribution in [1.82, 2.24) is 4.90 Å². The molecule has 2 unspecified atom stereocenters. The zero-order valence-corrected chi connectivity index (χ0v) is 10.6. The van der Waals surface area contributed by atoms with E-state index in [1.54, 1.807) is 0 Å². The number of hydrogen-bond acceptors (Lipinski definition) is 3. The second kappa shape index (κ2) is 6.38. The molecule has 1 rings (SSSR count). The summed E-state index contributed by atoms with van der Waals surface area (Å²) in [7, 11) is 0. The summed E-state index contributed by atoms with van der Waals surface area (Å²) < 4.78 is 0. The zero-order valence-electron chi connectivity index (χ0n) is 9.74. The minimum atomic E-state index is -0.282. The van der Waals surface area contributed by atoms with Crippen LogP contribution in [0.5, 0.6) is 0 Å². The third kappa shape index (κ3) is 3.68. The number of hydrogen-bond donors (Lipinski definition) is 1. The van der Waals surface area contributed by atoms with Gasteiger partial charge in [-0.25, -0.2) is 0 Å². The minimum Gasteiger partial charge on any atom is -0.337 e. The van der Waals surface area contributed by atoms with Gasteiger partial charge >= 0.3 is 0 Å². The van der Waals surface area contributed by atoms with Crippen LogP contribution in [0.1, 0.15) is 33.1 Å². The first kappa shape index (κ1) is 12.8. The summed E-state index contributed by atoms with van der Waals surface area (Å²) in [4.78, 5) is 14.0. The Hall–Kier alpha value is -0.220. The Morgan fingerprint density at radius 3 is 3.00 bits per heavy atom. The molecule has 4 heteroatoms. The number of unbranched alkanes of at least 4 members (excludes halogenated alkanes) is 1. The van der Waals surface area contributed by atoms with Gasteiger partial charge in [0.15, 0.2) is 0 Å². The Bertz CT molecular complexity index is 211. The molecule has 1 fully saturated rings. The average Bonchev–Trinajstić information content (AvgIpc) is 2.25. The van der Waals surface area contributed by atoms with Crippen LogP contribution >= 0.6 is 11.8 Å². The maximum atomic E-state index is 12.0. The second-order valence-electron chi connectivity index (χ2n) is 4.20. The van der Waals surface area contributed by atoms with Gasteiger partial charge in [0.1, 0.15) is 0 Å². The van der Waals surface area contributed by atoms with Crippen molar-refractivity contribution in [3.05, 3.63) is 0 Å². The summed E-state index contributed by atoms with van der Waals surface area (Å²) >= 11 is 1.92. The highest BCUT2D eigenvalue weighted by Crippen LogP contribution is 2.17. The Morgan fingerprint density at radius 1 is 1.67 bits per heavy atom. The maximum absolute atomic E-state index is 12.0. The van der Waals surface area contributed by atoms with Crippen molar-refractivity contribution in [2.75, 3.05) is 18.1 Å². The van der Waals surface area contributed by atoms with Crippen molar-refractivity contribution in [2.45, 2.75) is 45.2 Å². The van der Waals surface area contributed by atoms with E-state index in [-0.39, 0.29) is 11.9 Å². The fraction of sp³-hybridized carbons (Fsp3) is 0.909. The van der Waals surface area contributed by atoms with Crippen molar-refractivity contribution in [3.63, 3.8) is 0 Å². The summed E-state index contributed by atoms with van der Waals surface area (Å²) in [6, 6.07) is 0.0689. The molecule has 0 radical (unpaired) electrons. The first-order valence-electron chi connectivity index (χ1n) is 5.80. The molecule has 3 nitrogen and oxygen atoms in total. The molecule has 2 atom stereocenters. The highest BCUT2D eigenvalue weighted by Gasteiger charge is 2.26. The predicted octanol–water partition coefficient (Wildman–Crippen LogP) is 1.47. The number of nitrogens with two attached hydrogens (primary N) is 1. The zero-order chi connectivity index (χ0) is 11.3. The summed E-state index contributed by atoms with van der Waals surface area (Å²) in [5, 5.41) is 0. The molecule has 1 amide bonds. The van der Waals surface area contributed by atoms with Gasteiger partial charge in [0.2, 0.25) is 5.91 Å². The molecule has 0 aromatic rings. The van der Waals surface area contributed by atoms with Crippen LogP contribution < -0.4 is 5.73 Å². The summed E-state index contributed by atoms with van der Waals surface area (Å²) in [6.45, 7) is 5.10. The fourth-order valence-electron chi connectivity index (χ4n) is 1.82. The van der Waals surface area contributed by atoms with E-state index in [2.05, 4.69) is 13.8 Å². The first-order chi connectivity index (χ1) is 7.16. The van der Waals surface area contributed by atoms with Crippen molar-refractivity contribution in [2.24, 2.45) is 5.73 Å². The molecule has 0 spiro atoms. The quantitative estimate of drug-likeness (QED) is 0.795. The summed E-state index contributed by atoms with van der Waals surface area (Å²) in [5.41, 5.74) is 5.90. The van der Waals surface area contributed by atoms with Gasteiger partial charge in [-0.1, -0.05) is 19.8 Å². The van der Waals surface area contributed by atoms with Crippen molar-refractivity contribution >= 4 is 17.7 Å². The van der Waals surface area contributed by atoms with Crippen LogP contribution in [0, 0.1) is 0 Å². The number of nitrogens with zero attached hydrogens (tertiary/aromatic N) is 1. The van der Waals surface area contributed by atoms with E-state index in [4.69, 9.17) is 5.73 Å². The summed E-state index contributed by atoms with van der Waals surface area (Å²) in [6.07, 6.45) is 2.97. The SMILES string of the molecule is CCCCC(N)C(=O)N1CCSCC1C. The lowest BCUT2D eigenvalue weighted by molar-refractivity contribution is -0.134. The molecule has 1 aliphatic rings. The third-order valence-electron chi connectivity index (χ3n) is 2.84. The standard InChI is InChI=1S/C11H22N2OS/c1-3-4-5-10(12)11(14)13-6-7-15-8-9(13)2/h9-10H,3-8,12H2,1-2H3. The number of carbonyl (C=O) groups excluding carboxylic acids is 1. The minimum absolute atomic E-state index is 0.149. The Kier molecular flexibility index (Phi) is 5.47. The molecule has 0 aromatic carbocycles. The Labute approximate surface area is 96.8 Å². The van der Waals surface area contributed by atoms with Crippen LogP contribution in [0.4, 0.5) is 0 Å². The van der Waals surface area contributed by atoms with Crippen LogP contribution in [0.2, 0.25) is 0 Å². The van der Waals surface area contributed by atoms with Gasteiger partial charge < -0.3 is 10.6 Å². The number of carbonyl (C=O) groups is 1. The molecule has 0 saturated carbocycles. The number of thioether (sulfide) groups is 1. The third-order valence-corrected chi connectivity index (χ3v) is 4.03. The van der Waals surface area contributed by atoms with Crippen molar-refractivity contribution in [1.29, 1.82) is 0 Å². The molecule has 1 aliphatic heterocycles. The highest BCUT2D eigenvalue weighted by molar-refractivity contribution is 7.99. The molecule has 0 aromatic heterocycles. The van der Waals surface area contributed by atoms with E-state index >= 15 is 0 Å². The van der Waals surface area contributed by atoms with E-state index < -0.39 is 0 Å². The summed E-state index contributed by atoms with van der Waals surface area (Å²) in [5.74, 6) is 2.25. The van der Waals surface area contributed by atoms with E-state index in [9.17, 15) is 4.79 Å². The van der Waals surface area contributed by atoms with Gasteiger partial charge in [0.05, 0.1) is 6.04 Å². The Morgan fingerprint density at radius 2 is 2.40 bits per heavy atom. The lowest BCUT2D eigenvalue weighted by atomic mass is 10.1. The molecule has 15 heavy (non-hydrogen) atoms. The molecular formula is C11H22N2OS. The molecule has 1 saturated heterocycles. The number of amides is 1. The highest BCUT2D eigenvalue weighted by atomic mass is 32.2. The van der Waals surface area contributed by atoms with Gasteiger partial charge in [-0.15, -0.1) is 0 Å². The molecule has 88 valence electrons. The Balaban J connectivity index is 2.43. The van der Waals surface area contributed by atoms with Crippen LogP contribution in [0.25, 0.3) is 0 Å². The molecule has 2 N–H and O–H groups in total. The van der Waals surface area contributed by atoms with E-state index in [1.165, 1.54) is 0 Å². The van der Waals surface area contributed by atoms with Gasteiger partial charge in [-0.2, -0.15) is 11.8 Å². The van der Waals surface area contributed by atoms with Crippen LogP contribution in [0.15, 0.2) is 0 Å². The predicted molar refractivity (Wildman–Crippen MR) is 66.0 cm³/mol. The first-order valence-corrected chi connectivity index (χ1v) is 6.96. The lowest BCUT2D eigenvalue weighted by Gasteiger charge is -2.34. The molecule has 0 aliphatic carbocycles. The average molecular weight is 230 g/mol. The van der Waals surface area contributed by atoms with Crippen molar-refractivity contribution < 1.29 is 4.79 Å². The van der Waals surface area contributed by atoms with Gasteiger partial charge in [0.25, 0.3) is 0 Å². The topological polar surface area (TPSA) is 46.3 Å². The van der Waals surface area contributed by atoms with E-state index in [0.29, 0.717) is 6.04 Å². The van der Waals surface area contributed by atoms with Crippen LogP contribution in [-0.2, 0) is 4.79 Å². The fourth-order valence-corrected chi connectivity index (χ4v) is 2.83. The van der Waals surface area contributed by atoms with Crippen molar-refractivity contribution in [3.8, 4) is 0 Å². The second-order valence-corrected chi connectivity index (χ2v) is 5.35. The normalized spacial score (nSPS) is 23.9. The van der Waals surface area contributed by atoms with Crippen LogP contribution in [0.3, 0.4) is 0 Å². The van der Waals surface area contributed by atoms with Gasteiger partial charge in [0, 0.05) is 24.1 Å². The maximum Gasteiger partial charge on any atom is 0.239 e. The van der Waals surface area contributed by atoms with Gasteiger partial charge in [-0.05, 0) is 13.3 Å². The molecule has 1 heterocycles. The van der Waals surface area contributed by atoms with E-state index in [0.717, 1.165) is 37.3 Å².